The summed E-state index contributed by atoms with van der Waals surface area (Å²) in [5.41, 5.74) is 2.13. The smallest absolute Gasteiger partial charge is 0.303 e. The van der Waals surface area contributed by atoms with Crippen LogP contribution in [0.5, 0.6) is 0 Å². The summed E-state index contributed by atoms with van der Waals surface area (Å²) in [6.45, 7) is 4.92. The monoisotopic (exact) mass is 305 g/mol. The quantitative estimate of drug-likeness (QED) is 0.786. The first-order valence-electron chi connectivity index (χ1n) is 7.08. The van der Waals surface area contributed by atoms with Crippen LogP contribution < -0.4 is 0 Å². The molecule has 1 aliphatic rings. The minimum absolute atomic E-state index is 0.361. The zero-order valence-corrected chi connectivity index (χ0v) is 12.9. The molecule has 0 fully saturated rings. The molecule has 118 valence electrons. The van der Waals surface area contributed by atoms with Crippen molar-refractivity contribution in [2.75, 3.05) is 0 Å². The minimum atomic E-state index is -1.13. The largest absolute Gasteiger partial charge is 0.458 e. The van der Waals surface area contributed by atoms with Crippen LogP contribution in [-0.4, -0.2) is 35.0 Å². The van der Waals surface area contributed by atoms with Gasteiger partial charge in [0.2, 0.25) is 6.10 Å². The van der Waals surface area contributed by atoms with Gasteiger partial charge in [0.25, 0.3) is 5.91 Å². The molecule has 6 nitrogen and oxygen atoms in total. The maximum absolute atomic E-state index is 12.6. The summed E-state index contributed by atoms with van der Waals surface area (Å²) in [6, 6.07) is 7.74. The van der Waals surface area contributed by atoms with Gasteiger partial charge in [0.1, 0.15) is 6.10 Å². The van der Waals surface area contributed by atoms with Gasteiger partial charge in [-0.2, -0.15) is 0 Å². The van der Waals surface area contributed by atoms with Crippen molar-refractivity contribution in [1.29, 1.82) is 0 Å². The van der Waals surface area contributed by atoms with Crippen molar-refractivity contribution in [1.82, 2.24) is 4.90 Å². The van der Waals surface area contributed by atoms with E-state index in [0.29, 0.717) is 13.1 Å². The molecule has 6 heteroatoms. The van der Waals surface area contributed by atoms with Crippen molar-refractivity contribution in [2.45, 2.75) is 46.1 Å². The van der Waals surface area contributed by atoms with E-state index in [4.69, 9.17) is 9.47 Å². The van der Waals surface area contributed by atoms with Crippen molar-refractivity contribution >= 4 is 17.8 Å². The summed E-state index contributed by atoms with van der Waals surface area (Å²) in [4.78, 5) is 36.6. The molecular formula is C16H19NO5. The molecular weight excluding hydrogens is 286 g/mol. The molecule has 1 aromatic rings. The lowest BCUT2D eigenvalue weighted by Crippen LogP contribution is -2.45. The summed E-state index contributed by atoms with van der Waals surface area (Å²) in [6.07, 6.45) is -1.96. The molecule has 0 radical (unpaired) electrons. The number of carbonyl (C=O) groups excluding carboxylic acids is 3. The molecule has 1 unspecified atom stereocenters. The number of nitrogens with zero attached hydrogens (tertiary/aromatic N) is 1. The number of rotatable bonds is 4. The highest BCUT2D eigenvalue weighted by molar-refractivity contribution is 5.85. The van der Waals surface area contributed by atoms with E-state index in [1.807, 2.05) is 24.3 Å². The molecule has 0 bridgehead atoms. The highest BCUT2D eigenvalue weighted by Crippen LogP contribution is 2.24. The Bertz CT molecular complexity index is 573. The Balaban J connectivity index is 2.13. The standard InChI is InChI=1S/C16H19NO5/c1-10(21-11(2)18)15(22-12(3)19)16(20)17-8-13-6-4-5-7-14(13)9-17/h4-7,10,15H,8-9H2,1-3H3/t10-,15?/m0/s1. The molecule has 0 saturated heterocycles. The highest BCUT2D eigenvalue weighted by atomic mass is 16.6. The zero-order chi connectivity index (χ0) is 16.3. The average Bonchev–Trinajstić information content (AvgIpc) is 2.86. The SMILES string of the molecule is CC(=O)OC(C(=O)N1Cc2ccccc2C1)[C@H](C)OC(C)=O. The lowest BCUT2D eigenvalue weighted by molar-refractivity contribution is -0.173. The van der Waals surface area contributed by atoms with E-state index in [9.17, 15) is 14.4 Å². The number of hydrogen-bond donors (Lipinski definition) is 0. The van der Waals surface area contributed by atoms with E-state index < -0.39 is 24.1 Å². The second-order valence-electron chi connectivity index (χ2n) is 5.31. The summed E-state index contributed by atoms with van der Waals surface area (Å²) in [7, 11) is 0. The summed E-state index contributed by atoms with van der Waals surface area (Å²) in [5, 5.41) is 0. The third-order valence-corrected chi connectivity index (χ3v) is 3.47. The third kappa shape index (κ3) is 3.63. The predicted octanol–water partition coefficient (Wildman–Crippen LogP) is 1.41. The first-order chi connectivity index (χ1) is 10.4. The van der Waals surface area contributed by atoms with Crippen molar-refractivity contribution in [2.24, 2.45) is 0 Å². The molecule has 2 rings (SSSR count). The topological polar surface area (TPSA) is 72.9 Å². The Morgan fingerprint density at radius 2 is 1.50 bits per heavy atom. The second-order valence-corrected chi connectivity index (χ2v) is 5.31. The number of hydrogen-bond acceptors (Lipinski definition) is 5. The predicted molar refractivity (Wildman–Crippen MR) is 77.5 cm³/mol. The maximum atomic E-state index is 12.6. The number of amides is 1. The number of ether oxygens (including phenoxy) is 2. The molecule has 0 aromatic heterocycles. The van der Waals surface area contributed by atoms with Gasteiger partial charge in [-0.05, 0) is 18.1 Å². The van der Waals surface area contributed by atoms with E-state index in [1.165, 1.54) is 20.8 Å². The minimum Gasteiger partial charge on any atom is -0.458 e. The lowest BCUT2D eigenvalue weighted by atomic mass is 10.1. The van der Waals surface area contributed by atoms with Crippen molar-refractivity contribution in [3.05, 3.63) is 35.4 Å². The van der Waals surface area contributed by atoms with Crippen molar-refractivity contribution in [3.63, 3.8) is 0 Å². The van der Waals surface area contributed by atoms with Crippen molar-refractivity contribution < 1.29 is 23.9 Å². The van der Waals surface area contributed by atoms with E-state index in [2.05, 4.69) is 0 Å². The van der Waals surface area contributed by atoms with Gasteiger partial charge in [0, 0.05) is 26.9 Å². The van der Waals surface area contributed by atoms with Crippen LogP contribution in [0.4, 0.5) is 0 Å². The number of benzene rings is 1. The average molecular weight is 305 g/mol. The van der Waals surface area contributed by atoms with Crippen LogP contribution >= 0.6 is 0 Å². The van der Waals surface area contributed by atoms with Gasteiger partial charge in [-0.1, -0.05) is 24.3 Å². The van der Waals surface area contributed by atoms with Gasteiger partial charge in [-0.25, -0.2) is 0 Å². The summed E-state index contributed by atoms with van der Waals surface area (Å²) < 4.78 is 10.1. The van der Waals surface area contributed by atoms with Gasteiger partial charge in [-0.3, -0.25) is 14.4 Å². The zero-order valence-electron chi connectivity index (χ0n) is 12.9. The van der Waals surface area contributed by atoms with Crippen LogP contribution in [-0.2, 0) is 36.9 Å². The van der Waals surface area contributed by atoms with Crippen LogP contribution in [0.1, 0.15) is 31.9 Å². The second kappa shape index (κ2) is 6.60. The summed E-state index contributed by atoms with van der Waals surface area (Å²) in [5.74, 6) is -1.48. The Labute approximate surface area is 129 Å². The van der Waals surface area contributed by atoms with E-state index >= 15 is 0 Å². The van der Waals surface area contributed by atoms with Gasteiger partial charge in [0.05, 0.1) is 0 Å². The lowest BCUT2D eigenvalue weighted by Gasteiger charge is -2.26. The van der Waals surface area contributed by atoms with Crippen molar-refractivity contribution in [3.8, 4) is 0 Å². The van der Waals surface area contributed by atoms with Gasteiger partial charge in [-0.15, -0.1) is 0 Å². The van der Waals surface area contributed by atoms with Crippen LogP contribution in [0.3, 0.4) is 0 Å². The van der Waals surface area contributed by atoms with E-state index in [-0.39, 0.29) is 5.91 Å². The number of fused-ring (bicyclic) bond motifs is 1. The maximum Gasteiger partial charge on any atom is 0.303 e. The number of carbonyl (C=O) groups is 3. The third-order valence-electron chi connectivity index (χ3n) is 3.47. The molecule has 2 atom stereocenters. The Kier molecular flexibility index (Phi) is 4.80. The molecule has 1 amide bonds. The molecule has 0 saturated carbocycles. The highest BCUT2D eigenvalue weighted by Gasteiger charge is 2.36. The molecule has 1 aromatic carbocycles. The van der Waals surface area contributed by atoms with Crippen LogP contribution in [0.15, 0.2) is 24.3 Å². The molecule has 1 heterocycles. The molecule has 22 heavy (non-hydrogen) atoms. The van der Waals surface area contributed by atoms with Gasteiger partial charge >= 0.3 is 11.9 Å². The van der Waals surface area contributed by atoms with Gasteiger partial charge in [0.15, 0.2) is 0 Å². The Morgan fingerprint density at radius 3 is 1.95 bits per heavy atom. The van der Waals surface area contributed by atoms with E-state index in [0.717, 1.165) is 11.1 Å². The van der Waals surface area contributed by atoms with Gasteiger partial charge < -0.3 is 14.4 Å². The number of esters is 2. The Morgan fingerprint density at radius 1 is 1.00 bits per heavy atom. The normalized spacial score (nSPS) is 15.7. The van der Waals surface area contributed by atoms with Crippen LogP contribution in [0.25, 0.3) is 0 Å². The Hall–Kier alpha value is -2.37. The fourth-order valence-corrected chi connectivity index (χ4v) is 2.52. The molecule has 1 aliphatic heterocycles. The molecule has 0 spiro atoms. The first kappa shape index (κ1) is 16.0. The fourth-order valence-electron chi connectivity index (χ4n) is 2.52. The van der Waals surface area contributed by atoms with Crippen LogP contribution in [0.2, 0.25) is 0 Å². The fraction of sp³-hybridized carbons (Fsp3) is 0.438. The summed E-state index contributed by atoms with van der Waals surface area (Å²) >= 11 is 0. The van der Waals surface area contributed by atoms with E-state index in [1.54, 1.807) is 4.90 Å². The first-order valence-corrected chi connectivity index (χ1v) is 7.08. The molecule has 0 N–H and O–H groups in total. The van der Waals surface area contributed by atoms with Crippen LogP contribution in [0, 0.1) is 0 Å². The molecule has 0 aliphatic carbocycles.